The zero-order valence-corrected chi connectivity index (χ0v) is 11.0. The van der Waals surface area contributed by atoms with Crippen LogP contribution in [0.25, 0.3) is 0 Å². The molecule has 0 fully saturated rings. The molecule has 92 valence electrons. The topological polar surface area (TPSA) is 46.3 Å². The summed E-state index contributed by atoms with van der Waals surface area (Å²) < 4.78 is 0. The number of nitrogens with zero attached hydrogens (tertiary/aromatic N) is 1. The zero-order valence-electron chi connectivity index (χ0n) is 10.1. The van der Waals surface area contributed by atoms with E-state index < -0.39 is 0 Å². The Kier molecular flexibility index (Phi) is 2.59. The quantitative estimate of drug-likeness (QED) is 0.799. The fourth-order valence-corrected chi connectivity index (χ4v) is 3.18. The Morgan fingerprint density at radius 1 is 1.39 bits per heavy atom. The molecular formula is C14H14N2OS. The first-order chi connectivity index (χ1) is 8.66. The summed E-state index contributed by atoms with van der Waals surface area (Å²) in [4.78, 5) is 14.3. The molecule has 3 rings (SSSR count). The van der Waals surface area contributed by atoms with E-state index in [9.17, 15) is 4.79 Å². The Hall–Kier alpha value is -1.81. The standard InChI is InChI=1S/C14H14N2OS/c1-9-7-18-8-12(9)14(17)16-5-4-10-6-11(15)2-3-13(10)16/h2-3,6-8H,4-5,15H2,1H3. The lowest BCUT2D eigenvalue weighted by molar-refractivity contribution is 0.0989. The molecule has 4 heteroatoms. The van der Waals surface area contributed by atoms with Crippen molar-refractivity contribution in [2.45, 2.75) is 13.3 Å². The summed E-state index contributed by atoms with van der Waals surface area (Å²) in [6, 6.07) is 5.76. The predicted octanol–water partition coefficient (Wildman–Crippen LogP) is 2.84. The van der Waals surface area contributed by atoms with Gasteiger partial charge in [-0.2, -0.15) is 11.3 Å². The molecule has 0 spiro atoms. The molecule has 1 amide bonds. The van der Waals surface area contributed by atoms with E-state index in [1.807, 2.05) is 40.8 Å². The van der Waals surface area contributed by atoms with Gasteiger partial charge < -0.3 is 10.6 Å². The van der Waals surface area contributed by atoms with Gasteiger partial charge in [0.25, 0.3) is 5.91 Å². The van der Waals surface area contributed by atoms with Crippen LogP contribution in [-0.4, -0.2) is 12.5 Å². The third-order valence-electron chi connectivity index (χ3n) is 3.33. The zero-order chi connectivity index (χ0) is 12.7. The second-order valence-corrected chi connectivity index (χ2v) is 5.31. The lowest BCUT2D eigenvalue weighted by Gasteiger charge is -2.17. The minimum absolute atomic E-state index is 0.0947. The predicted molar refractivity (Wildman–Crippen MR) is 75.3 cm³/mol. The molecular weight excluding hydrogens is 244 g/mol. The summed E-state index contributed by atoms with van der Waals surface area (Å²) in [5, 5.41) is 3.93. The summed E-state index contributed by atoms with van der Waals surface area (Å²) in [5.41, 5.74) is 10.6. The summed E-state index contributed by atoms with van der Waals surface area (Å²) in [7, 11) is 0. The lowest BCUT2D eigenvalue weighted by atomic mass is 10.1. The lowest BCUT2D eigenvalue weighted by Crippen LogP contribution is -2.28. The highest BCUT2D eigenvalue weighted by Gasteiger charge is 2.26. The Morgan fingerprint density at radius 2 is 2.22 bits per heavy atom. The maximum Gasteiger partial charge on any atom is 0.259 e. The number of hydrogen-bond donors (Lipinski definition) is 1. The molecule has 0 atom stereocenters. The highest BCUT2D eigenvalue weighted by molar-refractivity contribution is 7.08. The number of rotatable bonds is 1. The number of hydrogen-bond acceptors (Lipinski definition) is 3. The van der Waals surface area contributed by atoms with E-state index in [4.69, 9.17) is 5.73 Å². The van der Waals surface area contributed by atoms with E-state index in [-0.39, 0.29) is 5.91 Å². The largest absolute Gasteiger partial charge is 0.399 e. The normalized spacial score (nSPS) is 13.7. The summed E-state index contributed by atoms with van der Waals surface area (Å²) in [5.74, 6) is 0.0947. The molecule has 0 saturated heterocycles. The fraction of sp³-hybridized carbons (Fsp3) is 0.214. The van der Waals surface area contributed by atoms with Gasteiger partial charge in [0, 0.05) is 23.3 Å². The first-order valence-corrected chi connectivity index (χ1v) is 6.84. The molecule has 0 bridgehead atoms. The van der Waals surface area contributed by atoms with Crippen molar-refractivity contribution in [2.24, 2.45) is 0 Å². The molecule has 1 aliphatic rings. The second-order valence-electron chi connectivity index (χ2n) is 4.56. The van der Waals surface area contributed by atoms with Crippen LogP contribution in [0.3, 0.4) is 0 Å². The minimum atomic E-state index is 0.0947. The highest BCUT2D eigenvalue weighted by atomic mass is 32.1. The fourth-order valence-electron chi connectivity index (χ4n) is 2.36. The molecule has 1 aromatic heterocycles. The monoisotopic (exact) mass is 258 g/mol. The molecule has 0 aliphatic carbocycles. The molecule has 0 unspecified atom stereocenters. The molecule has 1 aromatic carbocycles. The number of fused-ring (bicyclic) bond motifs is 1. The van der Waals surface area contributed by atoms with Gasteiger partial charge in [-0.05, 0) is 48.1 Å². The van der Waals surface area contributed by atoms with Gasteiger partial charge in [-0.15, -0.1) is 0 Å². The van der Waals surface area contributed by atoms with E-state index in [2.05, 4.69) is 0 Å². The first kappa shape index (κ1) is 11.3. The Balaban J connectivity index is 1.98. The number of aryl methyl sites for hydroxylation is 1. The minimum Gasteiger partial charge on any atom is -0.399 e. The molecule has 0 radical (unpaired) electrons. The van der Waals surface area contributed by atoms with Gasteiger partial charge in [0.15, 0.2) is 0 Å². The van der Waals surface area contributed by atoms with Crippen molar-refractivity contribution in [1.82, 2.24) is 0 Å². The molecule has 2 heterocycles. The maximum absolute atomic E-state index is 12.5. The van der Waals surface area contributed by atoms with Crippen molar-refractivity contribution in [3.8, 4) is 0 Å². The number of nitrogens with two attached hydrogens (primary N) is 1. The van der Waals surface area contributed by atoms with Crippen LogP contribution in [0, 0.1) is 6.92 Å². The molecule has 18 heavy (non-hydrogen) atoms. The van der Waals surface area contributed by atoms with Crippen LogP contribution in [-0.2, 0) is 6.42 Å². The SMILES string of the molecule is Cc1cscc1C(=O)N1CCc2cc(N)ccc21. The van der Waals surface area contributed by atoms with E-state index in [0.717, 1.165) is 41.0 Å². The number of thiophene rings is 1. The van der Waals surface area contributed by atoms with E-state index in [1.54, 1.807) is 11.3 Å². The number of nitrogen functional groups attached to an aromatic ring is 1. The molecule has 3 nitrogen and oxygen atoms in total. The molecule has 0 saturated carbocycles. The number of anilines is 2. The van der Waals surface area contributed by atoms with Gasteiger partial charge in [-0.3, -0.25) is 4.79 Å². The first-order valence-electron chi connectivity index (χ1n) is 5.90. The van der Waals surface area contributed by atoms with Crippen molar-refractivity contribution in [2.75, 3.05) is 17.2 Å². The van der Waals surface area contributed by atoms with Crippen molar-refractivity contribution < 1.29 is 4.79 Å². The van der Waals surface area contributed by atoms with E-state index in [0.29, 0.717) is 0 Å². The number of carbonyl (C=O) groups excluding carboxylic acids is 1. The van der Waals surface area contributed by atoms with Gasteiger partial charge in [0.05, 0.1) is 5.56 Å². The summed E-state index contributed by atoms with van der Waals surface area (Å²) in [6.45, 7) is 2.72. The van der Waals surface area contributed by atoms with Crippen molar-refractivity contribution in [3.05, 3.63) is 45.6 Å². The van der Waals surface area contributed by atoms with Crippen LogP contribution in [0.5, 0.6) is 0 Å². The van der Waals surface area contributed by atoms with Crippen LogP contribution in [0.4, 0.5) is 11.4 Å². The number of benzene rings is 1. The van der Waals surface area contributed by atoms with E-state index in [1.165, 1.54) is 0 Å². The Bertz CT molecular complexity index is 618. The van der Waals surface area contributed by atoms with Gasteiger partial charge in [-0.25, -0.2) is 0 Å². The molecule has 1 aliphatic heterocycles. The van der Waals surface area contributed by atoms with Gasteiger partial charge in [-0.1, -0.05) is 0 Å². The van der Waals surface area contributed by atoms with Gasteiger partial charge in [0.2, 0.25) is 0 Å². The third kappa shape index (κ3) is 1.69. The van der Waals surface area contributed by atoms with Crippen molar-refractivity contribution in [3.63, 3.8) is 0 Å². The maximum atomic E-state index is 12.5. The van der Waals surface area contributed by atoms with Crippen LogP contribution in [0.1, 0.15) is 21.5 Å². The van der Waals surface area contributed by atoms with Crippen molar-refractivity contribution >= 4 is 28.6 Å². The van der Waals surface area contributed by atoms with Gasteiger partial charge in [0.1, 0.15) is 0 Å². The highest BCUT2D eigenvalue weighted by Crippen LogP contribution is 2.31. The molecule has 2 N–H and O–H groups in total. The Labute approximate surface area is 110 Å². The summed E-state index contributed by atoms with van der Waals surface area (Å²) >= 11 is 1.57. The smallest absolute Gasteiger partial charge is 0.259 e. The summed E-state index contributed by atoms with van der Waals surface area (Å²) in [6.07, 6.45) is 0.884. The van der Waals surface area contributed by atoms with Gasteiger partial charge >= 0.3 is 0 Å². The average Bonchev–Trinajstić information content (AvgIpc) is 2.94. The third-order valence-corrected chi connectivity index (χ3v) is 4.19. The van der Waals surface area contributed by atoms with Crippen LogP contribution < -0.4 is 10.6 Å². The Morgan fingerprint density at radius 3 is 2.94 bits per heavy atom. The molecule has 2 aromatic rings. The average molecular weight is 258 g/mol. The van der Waals surface area contributed by atoms with Crippen LogP contribution >= 0.6 is 11.3 Å². The van der Waals surface area contributed by atoms with Crippen LogP contribution in [0.15, 0.2) is 29.0 Å². The number of amides is 1. The number of carbonyl (C=O) groups is 1. The van der Waals surface area contributed by atoms with Crippen LogP contribution in [0.2, 0.25) is 0 Å². The van der Waals surface area contributed by atoms with E-state index >= 15 is 0 Å². The second kappa shape index (κ2) is 4.14. The van der Waals surface area contributed by atoms with Crippen molar-refractivity contribution in [1.29, 1.82) is 0 Å².